The molecule has 3 nitrogen and oxygen atoms in total. The van der Waals surface area contributed by atoms with Crippen LogP contribution in [-0.2, 0) is 0 Å². The number of hydrogen-bond donors (Lipinski definition) is 1. The number of likely N-dealkylation sites (tertiary alicyclic amines) is 1. The number of ether oxygens (including phenoxy) is 1. The molecular formula is C16H25FN2O. The monoisotopic (exact) mass is 280 g/mol. The Hall–Kier alpha value is -1.13. The van der Waals surface area contributed by atoms with Crippen LogP contribution in [0, 0.1) is 17.7 Å². The number of rotatable bonds is 4. The second-order valence-corrected chi connectivity index (χ2v) is 6.05. The molecular weight excluding hydrogens is 255 g/mol. The molecule has 0 bridgehead atoms. The molecule has 112 valence electrons. The highest BCUT2D eigenvalue weighted by Gasteiger charge is 2.28. The van der Waals surface area contributed by atoms with Crippen molar-refractivity contribution >= 4 is 0 Å². The number of nitrogens with zero attached hydrogens (tertiary/aromatic N) is 1. The lowest BCUT2D eigenvalue weighted by Crippen LogP contribution is -2.43. The Bertz CT molecular complexity index is 442. The average molecular weight is 280 g/mol. The van der Waals surface area contributed by atoms with E-state index >= 15 is 0 Å². The number of methoxy groups -OCH3 is 1. The summed E-state index contributed by atoms with van der Waals surface area (Å²) < 4.78 is 18.9. The van der Waals surface area contributed by atoms with Gasteiger partial charge in [-0.15, -0.1) is 0 Å². The summed E-state index contributed by atoms with van der Waals surface area (Å²) >= 11 is 0. The maximum absolute atomic E-state index is 13.9. The Morgan fingerprint density at radius 2 is 2.00 bits per heavy atom. The van der Waals surface area contributed by atoms with Crippen LogP contribution in [0.15, 0.2) is 18.2 Å². The van der Waals surface area contributed by atoms with E-state index < -0.39 is 0 Å². The predicted molar refractivity (Wildman–Crippen MR) is 79.3 cm³/mol. The maximum Gasteiger partial charge on any atom is 0.165 e. The summed E-state index contributed by atoms with van der Waals surface area (Å²) in [5.74, 6) is 1.29. The van der Waals surface area contributed by atoms with Crippen molar-refractivity contribution in [2.24, 2.45) is 17.6 Å². The smallest absolute Gasteiger partial charge is 0.165 e. The Balaban J connectivity index is 2.21. The zero-order chi connectivity index (χ0) is 14.7. The average Bonchev–Trinajstić information content (AvgIpc) is 2.38. The second kappa shape index (κ2) is 6.55. The van der Waals surface area contributed by atoms with Crippen molar-refractivity contribution in [1.82, 2.24) is 4.90 Å². The molecule has 3 unspecified atom stereocenters. The highest BCUT2D eigenvalue weighted by Crippen LogP contribution is 2.30. The molecule has 0 radical (unpaired) electrons. The van der Waals surface area contributed by atoms with Crippen molar-refractivity contribution in [1.29, 1.82) is 0 Å². The largest absolute Gasteiger partial charge is 0.494 e. The van der Waals surface area contributed by atoms with E-state index in [2.05, 4.69) is 18.7 Å². The van der Waals surface area contributed by atoms with Crippen molar-refractivity contribution < 1.29 is 9.13 Å². The quantitative estimate of drug-likeness (QED) is 0.921. The molecule has 1 saturated heterocycles. The summed E-state index contributed by atoms with van der Waals surface area (Å²) in [5, 5.41) is 0. The van der Waals surface area contributed by atoms with Crippen molar-refractivity contribution in [3.05, 3.63) is 29.6 Å². The van der Waals surface area contributed by atoms with E-state index in [4.69, 9.17) is 10.5 Å². The normalized spacial score (nSPS) is 25.4. The predicted octanol–water partition coefficient (Wildman–Crippen LogP) is 2.81. The highest BCUT2D eigenvalue weighted by molar-refractivity contribution is 5.31. The molecule has 0 amide bonds. The Labute approximate surface area is 120 Å². The first-order valence-corrected chi connectivity index (χ1v) is 7.32. The van der Waals surface area contributed by atoms with Crippen LogP contribution in [-0.4, -0.2) is 31.6 Å². The van der Waals surface area contributed by atoms with Crippen LogP contribution in [0.25, 0.3) is 0 Å². The van der Waals surface area contributed by atoms with Gasteiger partial charge >= 0.3 is 0 Å². The highest BCUT2D eigenvalue weighted by atomic mass is 19.1. The maximum atomic E-state index is 13.9. The summed E-state index contributed by atoms with van der Waals surface area (Å²) in [7, 11) is 1.48. The molecule has 1 aliphatic rings. The first kappa shape index (κ1) is 15.3. The molecule has 1 fully saturated rings. The second-order valence-electron chi connectivity index (χ2n) is 6.05. The van der Waals surface area contributed by atoms with E-state index in [-0.39, 0.29) is 17.6 Å². The van der Waals surface area contributed by atoms with E-state index in [0.29, 0.717) is 18.4 Å². The first-order chi connectivity index (χ1) is 9.55. The van der Waals surface area contributed by atoms with E-state index in [9.17, 15) is 4.39 Å². The summed E-state index contributed by atoms with van der Waals surface area (Å²) in [6.07, 6.45) is 1.25. The Morgan fingerprint density at radius 1 is 1.35 bits per heavy atom. The standard InChI is InChI=1S/C16H25FN2O/c1-11-6-12(2)10-19(9-11)15(8-18)13-4-5-16(20-3)14(17)7-13/h4-5,7,11-12,15H,6,8-10,18H2,1-3H3. The minimum absolute atomic E-state index is 0.0839. The summed E-state index contributed by atoms with van der Waals surface area (Å²) in [6.45, 7) is 7.10. The molecule has 0 spiro atoms. The van der Waals surface area contributed by atoms with Crippen molar-refractivity contribution in [3.63, 3.8) is 0 Å². The third-order valence-electron chi connectivity index (χ3n) is 4.12. The summed E-state index contributed by atoms with van der Waals surface area (Å²) in [4.78, 5) is 2.39. The van der Waals surface area contributed by atoms with Crippen LogP contribution in [0.4, 0.5) is 4.39 Å². The van der Waals surface area contributed by atoms with Crippen molar-refractivity contribution in [2.45, 2.75) is 26.3 Å². The van der Waals surface area contributed by atoms with Gasteiger partial charge in [0.05, 0.1) is 7.11 Å². The van der Waals surface area contributed by atoms with Gasteiger partial charge in [-0.05, 0) is 36.0 Å². The molecule has 1 aliphatic heterocycles. The molecule has 0 aliphatic carbocycles. The van der Waals surface area contributed by atoms with Gasteiger partial charge < -0.3 is 10.5 Å². The molecule has 20 heavy (non-hydrogen) atoms. The van der Waals surface area contributed by atoms with Crippen LogP contribution >= 0.6 is 0 Å². The van der Waals surface area contributed by atoms with E-state index in [0.717, 1.165) is 18.7 Å². The molecule has 2 N–H and O–H groups in total. The van der Waals surface area contributed by atoms with Gasteiger partial charge in [-0.1, -0.05) is 19.9 Å². The lowest BCUT2D eigenvalue weighted by atomic mass is 9.89. The summed E-state index contributed by atoms with van der Waals surface area (Å²) in [6, 6.07) is 5.24. The third kappa shape index (κ3) is 3.30. The SMILES string of the molecule is COc1ccc(C(CN)N2CC(C)CC(C)C2)cc1F. The number of piperidine rings is 1. The van der Waals surface area contributed by atoms with Gasteiger partial charge in [0.2, 0.25) is 0 Å². The molecule has 0 aromatic heterocycles. The molecule has 3 atom stereocenters. The van der Waals surface area contributed by atoms with Crippen LogP contribution in [0.5, 0.6) is 5.75 Å². The zero-order valence-electron chi connectivity index (χ0n) is 12.6. The molecule has 1 aromatic carbocycles. The van der Waals surface area contributed by atoms with Crippen molar-refractivity contribution in [2.75, 3.05) is 26.7 Å². The van der Waals surface area contributed by atoms with Gasteiger partial charge in [-0.3, -0.25) is 4.90 Å². The molecule has 0 saturated carbocycles. The number of benzene rings is 1. The van der Waals surface area contributed by atoms with Gasteiger partial charge in [0.1, 0.15) is 0 Å². The van der Waals surface area contributed by atoms with Gasteiger partial charge in [-0.2, -0.15) is 0 Å². The van der Waals surface area contributed by atoms with Crippen LogP contribution in [0.3, 0.4) is 0 Å². The van der Waals surface area contributed by atoms with Gasteiger partial charge in [0, 0.05) is 25.7 Å². The van der Waals surface area contributed by atoms with Gasteiger partial charge in [0.15, 0.2) is 11.6 Å². The fourth-order valence-corrected chi connectivity index (χ4v) is 3.35. The minimum Gasteiger partial charge on any atom is -0.494 e. The lowest BCUT2D eigenvalue weighted by molar-refractivity contribution is 0.0982. The first-order valence-electron chi connectivity index (χ1n) is 7.32. The zero-order valence-corrected chi connectivity index (χ0v) is 12.6. The topological polar surface area (TPSA) is 38.5 Å². The Morgan fingerprint density at radius 3 is 2.50 bits per heavy atom. The van der Waals surface area contributed by atoms with Crippen LogP contribution in [0.2, 0.25) is 0 Å². The van der Waals surface area contributed by atoms with Gasteiger partial charge in [0.25, 0.3) is 0 Å². The van der Waals surface area contributed by atoms with E-state index in [1.807, 2.05) is 6.07 Å². The van der Waals surface area contributed by atoms with E-state index in [1.54, 1.807) is 12.1 Å². The number of hydrogen-bond acceptors (Lipinski definition) is 3. The fourth-order valence-electron chi connectivity index (χ4n) is 3.35. The van der Waals surface area contributed by atoms with Crippen molar-refractivity contribution in [3.8, 4) is 5.75 Å². The van der Waals surface area contributed by atoms with Gasteiger partial charge in [-0.25, -0.2) is 4.39 Å². The molecule has 4 heteroatoms. The molecule has 1 heterocycles. The van der Waals surface area contributed by atoms with Crippen LogP contribution in [0.1, 0.15) is 31.9 Å². The fraction of sp³-hybridized carbons (Fsp3) is 0.625. The molecule has 2 rings (SSSR count). The lowest BCUT2D eigenvalue weighted by Gasteiger charge is -2.40. The minimum atomic E-state index is -0.318. The molecule has 1 aromatic rings. The van der Waals surface area contributed by atoms with E-state index in [1.165, 1.54) is 13.5 Å². The number of halogens is 1. The van der Waals surface area contributed by atoms with Crippen LogP contribution < -0.4 is 10.5 Å². The number of nitrogens with two attached hydrogens (primary N) is 1. The third-order valence-corrected chi connectivity index (χ3v) is 4.12. The Kier molecular flexibility index (Phi) is 5.00. The summed E-state index contributed by atoms with van der Waals surface area (Å²) in [5.41, 5.74) is 6.89.